The van der Waals surface area contributed by atoms with Crippen molar-refractivity contribution in [3.05, 3.63) is 84.4 Å². The first kappa shape index (κ1) is 21.6. The number of rotatable bonds is 7. The van der Waals surface area contributed by atoms with Crippen molar-refractivity contribution in [2.75, 3.05) is 19.0 Å². The van der Waals surface area contributed by atoms with Crippen molar-refractivity contribution in [2.45, 2.75) is 18.6 Å². The molecular weight excluding hydrogens is 406 g/mol. The lowest BCUT2D eigenvalue weighted by atomic mass is 9.95. The molecular formula is C26H25NO5. The number of carbonyl (C=O) groups is 1. The number of aromatic hydroxyl groups is 1. The number of aliphatic hydroxyl groups is 1. The molecule has 0 aliphatic carbocycles. The number of aliphatic hydroxyl groups excluding tert-OH is 1. The van der Waals surface area contributed by atoms with E-state index in [-0.39, 0.29) is 18.8 Å². The van der Waals surface area contributed by atoms with Crippen LogP contribution >= 0.6 is 0 Å². The fourth-order valence-corrected chi connectivity index (χ4v) is 4.00. The molecule has 164 valence electrons. The molecule has 0 radical (unpaired) electrons. The van der Waals surface area contributed by atoms with Crippen LogP contribution in [0.3, 0.4) is 0 Å². The average molecular weight is 431 g/mol. The van der Waals surface area contributed by atoms with Gasteiger partial charge < -0.3 is 19.7 Å². The Morgan fingerprint density at radius 1 is 0.906 bits per heavy atom. The molecule has 0 aliphatic heterocycles. The summed E-state index contributed by atoms with van der Waals surface area (Å²) in [5, 5.41) is 25.9. The van der Waals surface area contributed by atoms with Gasteiger partial charge in [-0.2, -0.15) is 0 Å². The molecule has 0 saturated carbocycles. The first-order valence-corrected chi connectivity index (χ1v) is 10.4. The Labute approximate surface area is 186 Å². The van der Waals surface area contributed by atoms with Crippen LogP contribution in [-0.2, 0) is 9.47 Å². The van der Waals surface area contributed by atoms with Crippen LogP contribution in [0.4, 0.5) is 10.5 Å². The zero-order chi connectivity index (χ0) is 22.5. The molecule has 4 aromatic carbocycles. The van der Waals surface area contributed by atoms with E-state index in [0.717, 1.165) is 16.2 Å². The van der Waals surface area contributed by atoms with Crippen LogP contribution in [0, 0.1) is 0 Å². The van der Waals surface area contributed by atoms with E-state index < -0.39 is 18.3 Å². The first-order chi connectivity index (χ1) is 15.6. The summed E-state index contributed by atoms with van der Waals surface area (Å²) in [6.45, 7) is -0.126. The standard InChI is InChI=1S/C26H25NO5/c1-31-24(15-16-28)25(21-13-14-23(29)20-11-5-4-10-19(20)21)32-26(30)27-22-12-6-8-17-7-2-3-9-18(17)22/h2-14,24-25,28-29H,15-16H2,1H3,(H,27,30)/t24-,25-/m0/s1. The number of amides is 1. The minimum Gasteiger partial charge on any atom is -0.507 e. The van der Waals surface area contributed by atoms with Crippen molar-refractivity contribution in [3.63, 3.8) is 0 Å². The molecule has 2 atom stereocenters. The van der Waals surface area contributed by atoms with Gasteiger partial charge in [0.15, 0.2) is 6.10 Å². The smallest absolute Gasteiger partial charge is 0.412 e. The highest BCUT2D eigenvalue weighted by Gasteiger charge is 2.29. The molecule has 0 aromatic heterocycles. The van der Waals surface area contributed by atoms with Crippen LogP contribution in [0.2, 0.25) is 0 Å². The van der Waals surface area contributed by atoms with Gasteiger partial charge in [-0.3, -0.25) is 5.32 Å². The lowest BCUT2D eigenvalue weighted by Gasteiger charge is -2.27. The van der Waals surface area contributed by atoms with Crippen LogP contribution in [0.1, 0.15) is 18.1 Å². The van der Waals surface area contributed by atoms with Crippen molar-refractivity contribution in [1.29, 1.82) is 0 Å². The molecule has 6 heteroatoms. The second-order valence-electron chi connectivity index (χ2n) is 7.48. The first-order valence-electron chi connectivity index (χ1n) is 10.4. The summed E-state index contributed by atoms with van der Waals surface area (Å²) in [6.07, 6.45) is -1.74. The maximum Gasteiger partial charge on any atom is 0.412 e. The monoisotopic (exact) mass is 431 g/mol. The van der Waals surface area contributed by atoms with Gasteiger partial charge in [0.25, 0.3) is 0 Å². The van der Waals surface area contributed by atoms with Gasteiger partial charge in [0.1, 0.15) is 11.9 Å². The number of methoxy groups -OCH3 is 1. The minimum absolute atomic E-state index is 0.126. The van der Waals surface area contributed by atoms with Crippen LogP contribution in [0.25, 0.3) is 21.5 Å². The third-order valence-corrected chi connectivity index (χ3v) is 5.56. The fraction of sp³-hybridized carbons (Fsp3) is 0.192. The Morgan fingerprint density at radius 3 is 2.34 bits per heavy atom. The van der Waals surface area contributed by atoms with Crippen molar-refractivity contribution >= 4 is 33.3 Å². The third-order valence-electron chi connectivity index (χ3n) is 5.56. The number of nitrogens with one attached hydrogen (secondary N) is 1. The summed E-state index contributed by atoms with van der Waals surface area (Å²) in [6, 6.07) is 24.0. The van der Waals surface area contributed by atoms with Crippen molar-refractivity contribution in [1.82, 2.24) is 0 Å². The summed E-state index contributed by atoms with van der Waals surface area (Å²) in [5.41, 5.74) is 1.32. The number of phenolic OH excluding ortho intramolecular Hbond substituents is 1. The number of anilines is 1. The molecule has 0 bridgehead atoms. The number of phenols is 1. The van der Waals surface area contributed by atoms with Crippen LogP contribution in [0.15, 0.2) is 78.9 Å². The maximum absolute atomic E-state index is 13.0. The van der Waals surface area contributed by atoms with Crippen molar-refractivity contribution in [2.24, 2.45) is 0 Å². The van der Waals surface area contributed by atoms with Crippen molar-refractivity contribution < 1.29 is 24.5 Å². The Balaban J connectivity index is 1.69. The van der Waals surface area contributed by atoms with Gasteiger partial charge >= 0.3 is 6.09 Å². The van der Waals surface area contributed by atoms with Crippen molar-refractivity contribution in [3.8, 4) is 5.75 Å². The maximum atomic E-state index is 13.0. The Kier molecular flexibility index (Phi) is 6.54. The fourth-order valence-electron chi connectivity index (χ4n) is 4.00. The van der Waals surface area contributed by atoms with Crippen LogP contribution < -0.4 is 5.32 Å². The van der Waals surface area contributed by atoms with E-state index in [2.05, 4.69) is 5.32 Å². The molecule has 0 unspecified atom stereocenters. The zero-order valence-corrected chi connectivity index (χ0v) is 17.7. The second kappa shape index (κ2) is 9.68. The highest BCUT2D eigenvalue weighted by atomic mass is 16.6. The van der Waals surface area contributed by atoms with Gasteiger partial charge in [0, 0.05) is 36.5 Å². The largest absolute Gasteiger partial charge is 0.507 e. The summed E-state index contributed by atoms with van der Waals surface area (Å²) in [7, 11) is 1.52. The lowest BCUT2D eigenvalue weighted by molar-refractivity contribution is -0.0299. The molecule has 0 saturated heterocycles. The molecule has 3 N–H and O–H groups in total. The van der Waals surface area contributed by atoms with E-state index in [0.29, 0.717) is 16.6 Å². The molecule has 0 fully saturated rings. The van der Waals surface area contributed by atoms with E-state index in [1.807, 2.05) is 60.7 Å². The van der Waals surface area contributed by atoms with Gasteiger partial charge in [0.05, 0.1) is 5.69 Å². The van der Waals surface area contributed by atoms with E-state index in [4.69, 9.17) is 9.47 Å². The molecule has 6 nitrogen and oxygen atoms in total. The molecule has 4 rings (SSSR count). The predicted molar refractivity (Wildman–Crippen MR) is 125 cm³/mol. The number of hydrogen-bond donors (Lipinski definition) is 3. The normalized spacial score (nSPS) is 13.1. The quantitative estimate of drug-likeness (QED) is 0.365. The Bertz CT molecular complexity index is 1230. The second-order valence-corrected chi connectivity index (χ2v) is 7.48. The Morgan fingerprint density at radius 2 is 1.59 bits per heavy atom. The minimum atomic E-state index is -0.798. The van der Waals surface area contributed by atoms with E-state index in [1.165, 1.54) is 7.11 Å². The topological polar surface area (TPSA) is 88.0 Å². The number of benzene rings is 4. The van der Waals surface area contributed by atoms with Gasteiger partial charge in [-0.15, -0.1) is 0 Å². The average Bonchev–Trinajstić information content (AvgIpc) is 2.82. The number of ether oxygens (including phenoxy) is 2. The zero-order valence-electron chi connectivity index (χ0n) is 17.7. The molecule has 0 aliphatic rings. The van der Waals surface area contributed by atoms with Gasteiger partial charge in [0.2, 0.25) is 0 Å². The van der Waals surface area contributed by atoms with E-state index >= 15 is 0 Å². The summed E-state index contributed by atoms with van der Waals surface area (Å²) >= 11 is 0. The highest BCUT2D eigenvalue weighted by Crippen LogP contribution is 2.35. The summed E-state index contributed by atoms with van der Waals surface area (Å²) < 4.78 is 11.5. The molecule has 0 heterocycles. The summed E-state index contributed by atoms with van der Waals surface area (Å²) in [4.78, 5) is 13.0. The van der Waals surface area contributed by atoms with E-state index in [9.17, 15) is 15.0 Å². The molecule has 0 spiro atoms. The predicted octanol–water partition coefficient (Wildman–Crippen LogP) is 5.39. The number of hydrogen-bond acceptors (Lipinski definition) is 5. The Hall–Kier alpha value is -3.61. The van der Waals surface area contributed by atoms with Gasteiger partial charge in [-0.25, -0.2) is 4.79 Å². The van der Waals surface area contributed by atoms with Gasteiger partial charge in [-0.1, -0.05) is 66.7 Å². The van der Waals surface area contributed by atoms with Crippen LogP contribution in [0.5, 0.6) is 5.75 Å². The van der Waals surface area contributed by atoms with Crippen LogP contribution in [-0.4, -0.2) is 36.1 Å². The van der Waals surface area contributed by atoms with Gasteiger partial charge in [-0.05, 0) is 22.9 Å². The molecule has 4 aromatic rings. The number of carbonyl (C=O) groups excluding carboxylic acids is 1. The number of fused-ring (bicyclic) bond motifs is 2. The SMILES string of the molecule is CO[C@@H](CCO)[C@@H](OC(=O)Nc1cccc2ccccc12)c1ccc(O)c2ccccc12. The molecule has 1 amide bonds. The lowest BCUT2D eigenvalue weighted by Crippen LogP contribution is -2.29. The highest BCUT2D eigenvalue weighted by molar-refractivity contribution is 6.00. The third kappa shape index (κ3) is 4.37. The molecule has 32 heavy (non-hydrogen) atoms. The van der Waals surface area contributed by atoms with E-state index in [1.54, 1.807) is 18.2 Å². The summed E-state index contributed by atoms with van der Waals surface area (Å²) in [5.74, 6) is 0.138.